The third-order valence-electron chi connectivity index (χ3n) is 8.46. The number of carbonyl (C=O) groups is 4. The van der Waals surface area contributed by atoms with Crippen LogP contribution in [-0.2, 0) is 14.3 Å². The van der Waals surface area contributed by atoms with Gasteiger partial charge in [0.15, 0.2) is 0 Å². The van der Waals surface area contributed by atoms with Crippen LogP contribution in [0.4, 0.5) is 5.69 Å². The monoisotopic (exact) mass is 515 g/mol. The number of hydrogen-bond donors (Lipinski definition) is 0. The zero-order chi connectivity index (χ0) is 27.1. The number of benzene rings is 4. The van der Waals surface area contributed by atoms with E-state index in [0.29, 0.717) is 17.2 Å². The topological polar surface area (TPSA) is 80.8 Å². The van der Waals surface area contributed by atoms with Crippen LogP contribution in [0.5, 0.6) is 0 Å². The Balaban J connectivity index is 1.42. The molecule has 0 bridgehead atoms. The van der Waals surface area contributed by atoms with Gasteiger partial charge in [-0.15, -0.1) is 0 Å². The van der Waals surface area contributed by atoms with Crippen molar-refractivity contribution in [2.75, 3.05) is 4.90 Å². The first-order valence-corrected chi connectivity index (χ1v) is 13.2. The molecule has 2 saturated heterocycles. The average Bonchev–Trinajstić information content (AvgIpc) is 3.52. The summed E-state index contributed by atoms with van der Waals surface area (Å²) < 4.78 is 6.42. The van der Waals surface area contributed by atoms with Gasteiger partial charge in [-0.25, -0.2) is 4.90 Å². The molecule has 6 nitrogen and oxygen atoms in total. The molecule has 0 saturated carbocycles. The van der Waals surface area contributed by atoms with Crippen LogP contribution < -0.4 is 4.90 Å². The van der Waals surface area contributed by atoms with Crippen molar-refractivity contribution in [2.24, 2.45) is 11.8 Å². The summed E-state index contributed by atoms with van der Waals surface area (Å²) in [4.78, 5) is 57.6. The van der Waals surface area contributed by atoms with E-state index in [2.05, 4.69) is 13.8 Å². The Bertz CT molecular complexity index is 1680. The highest BCUT2D eigenvalue weighted by atomic mass is 16.5. The SMILES string of the molecule is CC(C)c1ccc([C@H]2OC3(C(=O)c4ccccc4C3=O)[C@H]3C(=O)N(c4cccc5ccccc45)C(=O)[C@H]23)cc1. The van der Waals surface area contributed by atoms with Gasteiger partial charge in [0.05, 0.1) is 23.6 Å². The number of hydrogen-bond acceptors (Lipinski definition) is 5. The molecule has 6 heteroatoms. The number of fused-ring (bicyclic) bond motifs is 4. The van der Waals surface area contributed by atoms with Gasteiger partial charge in [-0.05, 0) is 28.5 Å². The van der Waals surface area contributed by atoms with E-state index in [-0.39, 0.29) is 11.1 Å². The van der Waals surface area contributed by atoms with Crippen LogP contribution in [0.3, 0.4) is 0 Å². The summed E-state index contributed by atoms with van der Waals surface area (Å²) in [5, 5.41) is 1.61. The maximum Gasteiger partial charge on any atom is 0.241 e. The van der Waals surface area contributed by atoms with Gasteiger partial charge in [-0.3, -0.25) is 19.2 Å². The number of nitrogens with zero attached hydrogens (tertiary/aromatic N) is 1. The lowest BCUT2D eigenvalue weighted by atomic mass is 9.77. The summed E-state index contributed by atoms with van der Waals surface area (Å²) in [6, 6.07) is 27.1. The largest absolute Gasteiger partial charge is 0.349 e. The number of imide groups is 1. The molecule has 2 aliphatic heterocycles. The highest BCUT2D eigenvalue weighted by molar-refractivity contribution is 6.37. The lowest BCUT2D eigenvalue weighted by Gasteiger charge is -2.27. The minimum atomic E-state index is -2.08. The molecule has 3 atom stereocenters. The van der Waals surface area contributed by atoms with Crippen LogP contribution >= 0.6 is 0 Å². The molecule has 39 heavy (non-hydrogen) atoms. The molecular weight excluding hydrogens is 490 g/mol. The van der Waals surface area contributed by atoms with Gasteiger partial charge in [-0.2, -0.15) is 0 Å². The number of Topliss-reactive ketones (excluding diaryl/α,β-unsaturated/α-hetero) is 2. The Morgan fingerprint density at radius 1 is 0.718 bits per heavy atom. The summed E-state index contributed by atoms with van der Waals surface area (Å²) in [5.74, 6) is -4.16. The third-order valence-corrected chi connectivity index (χ3v) is 8.46. The smallest absolute Gasteiger partial charge is 0.241 e. The number of anilines is 1. The normalized spacial score (nSPS) is 23.4. The Morgan fingerprint density at radius 3 is 2.00 bits per heavy atom. The minimum Gasteiger partial charge on any atom is -0.349 e. The Hall–Kier alpha value is -4.42. The van der Waals surface area contributed by atoms with Gasteiger partial charge in [0, 0.05) is 16.5 Å². The molecular formula is C33H25NO5. The molecule has 3 aliphatic rings. The number of carbonyl (C=O) groups excluding carboxylic acids is 4. The van der Waals surface area contributed by atoms with Crippen molar-refractivity contribution in [3.63, 3.8) is 0 Å². The first-order valence-electron chi connectivity index (χ1n) is 13.2. The van der Waals surface area contributed by atoms with E-state index in [1.54, 1.807) is 36.4 Å². The summed E-state index contributed by atoms with van der Waals surface area (Å²) in [5.41, 5.74) is 0.569. The molecule has 1 aliphatic carbocycles. The van der Waals surface area contributed by atoms with Crippen molar-refractivity contribution in [3.05, 3.63) is 113 Å². The summed E-state index contributed by atoms with van der Waals surface area (Å²) >= 11 is 0. The molecule has 0 N–H and O–H groups in total. The Labute approximate surface area is 225 Å². The molecule has 4 aromatic carbocycles. The van der Waals surface area contributed by atoms with Gasteiger partial charge in [0.2, 0.25) is 29.0 Å². The molecule has 2 heterocycles. The second kappa shape index (κ2) is 8.29. The standard InChI is InChI=1S/C33H25NO5/c1-18(2)19-14-16-21(17-15-19)28-26-27(33(39-28)29(35)23-11-5-6-12-24(23)30(33)36)32(38)34(31(26)37)25-13-7-9-20-8-3-4-10-22(20)25/h3-18,26-28H,1-2H3/t26-,27+,28+/m0/s1. The fourth-order valence-electron chi connectivity index (χ4n) is 6.53. The van der Waals surface area contributed by atoms with Gasteiger partial charge < -0.3 is 4.74 Å². The van der Waals surface area contributed by atoms with E-state index in [0.717, 1.165) is 16.3 Å². The van der Waals surface area contributed by atoms with Crippen molar-refractivity contribution >= 4 is 39.8 Å². The Morgan fingerprint density at radius 2 is 1.33 bits per heavy atom. The van der Waals surface area contributed by atoms with Crippen LogP contribution in [0.25, 0.3) is 10.8 Å². The van der Waals surface area contributed by atoms with E-state index >= 15 is 0 Å². The van der Waals surface area contributed by atoms with E-state index in [1.165, 1.54) is 4.90 Å². The van der Waals surface area contributed by atoms with Crippen molar-refractivity contribution in [1.82, 2.24) is 0 Å². The fraction of sp³-hybridized carbons (Fsp3) is 0.212. The number of ketones is 2. The number of ether oxygens (including phenoxy) is 1. The van der Waals surface area contributed by atoms with E-state index in [4.69, 9.17) is 4.74 Å². The van der Waals surface area contributed by atoms with Crippen molar-refractivity contribution < 1.29 is 23.9 Å². The predicted molar refractivity (Wildman–Crippen MR) is 146 cm³/mol. The zero-order valence-electron chi connectivity index (χ0n) is 21.5. The summed E-state index contributed by atoms with van der Waals surface area (Å²) in [7, 11) is 0. The first-order chi connectivity index (χ1) is 18.8. The average molecular weight is 516 g/mol. The first kappa shape index (κ1) is 23.7. The van der Waals surface area contributed by atoms with Crippen LogP contribution in [0.1, 0.15) is 57.7 Å². The molecule has 2 fully saturated rings. The van der Waals surface area contributed by atoms with E-state index in [9.17, 15) is 19.2 Å². The van der Waals surface area contributed by atoms with E-state index < -0.39 is 46.9 Å². The Kier molecular flexibility index (Phi) is 5.03. The minimum absolute atomic E-state index is 0.223. The third kappa shape index (κ3) is 3.06. The second-order valence-corrected chi connectivity index (χ2v) is 10.8. The molecule has 0 radical (unpaired) electrons. The highest BCUT2D eigenvalue weighted by Gasteiger charge is 2.74. The van der Waals surface area contributed by atoms with Gasteiger partial charge in [0.1, 0.15) is 0 Å². The molecule has 4 aromatic rings. The molecule has 0 aromatic heterocycles. The molecule has 7 rings (SSSR count). The maximum absolute atomic E-state index is 14.3. The lowest BCUT2D eigenvalue weighted by Crippen LogP contribution is -2.51. The van der Waals surface area contributed by atoms with Crippen LogP contribution in [0.2, 0.25) is 0 Å². The lowest BCUT2D eigenvalue weighted by molar-refractivity contribution is -0.127. The van der Waals surface area contributed by atoms with Crippen molar-refractivity contribution in [3.8, 4) is 0 Å². The van der Waals surface area contributed by atoms with Crippen molar-refractivity contribution in [2.45, 2.75) is 31.5 Å². The fourth-order valence-corrected chi connectivity index (χ4v) is 6.53. The molecule has 1 spiro atoms. The number of rotatable bonds is 3. The molecule has 192 valence electrons. The van der Waals surface area contributed by atoms with Gasteiger partial charge >= 0.3 is 0 Å². The van der Waals surface area contributed by atoms with Crippen molar-refractivity contribution in [1.29, 1.82) is 0 Å². The molecule has 0 unspecified atom stereocenters. The van der Waals surface area contributed by atoms with Gasteiger partial charge in [0.25, 0.3) is 0 Å². The molecule has 2 amide bonds. The van der Waals surface area contributed by atoms with E-state index in [1.807, 2.05) is 54.6 Å². The van der Waals surface area contributed by atoms with Crippen LogP contribution in [0, 0.1) is 11.8 Å². The highest BCUT2D eigenvalue weighted by Crippen LogP contribution is 2.58. The summed E-state index contributed by atoms with van der Waals surface area (Å²) in [6.07, 6.45) is -0.935. The van der Waals surface area contributed by atoms with Crippen LogP contribution in [-0.4, -0.2) is 29.0 Å². The quantitative estimate of drug-likeness (QED) is 0.260. The second-order valence-electron chi connectivity index (χ2n) is 10.8. The van der Waals surface area contributed by atoms with Gasteiger partial charge in [-0.1, -0.05) is 98.8 Å². The summed E-state index contributed by atoms with van der Waals surface area (Å²) in [6.45, 7) is 4.17. The maximum atomic E-state index is 14.3. The number of amides is 2. The van der Waals surface area contributed by atoms with Crippen LogP contribution in [0.15, 0.2) is 91.0 Å². The zero-order valence-corrected chi connectivity index (χ0v) is 21.5. The predicted octanol–water partition coefficient (Wildman–Crippen LogP) is 5.66.